The van der Waals surface area contributed by atoms with E-state index in [0.717, 1.165) is 41.6 Å². The second-order valence-electron chi connectivity index (χ2n) is 8.45. The number of nitrogens with one attached hydrogen (secondary N) is 1. The molecular weight excluding hydrogens is 412 g/mol. The highest BCUT2D eigenvalue weighted by Gasteiger charge is 2.44. The Balaban J connectivity index is 1.17. The van der Waals surface area contributed by atoms with E-state index in [-0.39, 0.29) is 5.91 Å². The van der Waals surface area contributed by atoms with Crippen molar-refractivity contribution in [2.45, 2.75) is 38.4 Å². The molecule has 0 radical (unpaired) electrons. The van der Waals surface area contributed by atoms with Crippen LogP contribution in [0.2, 0.25) is 0 Å². The summed E-state index contributed by atoms with van der Waals surface area (Å²) in [7, 11) is 0. The van der Waals surface area contributed by atoms with Gasteiger partial charge in [0.2, 0.25) is 5.91 Å². The van der Waals surface area contributed by atoms with Gasteiger partial charge in [-0.25, -0.2) is 4.98 Å². The Hall–Kier alpha value is -2.97. The van der Waals surface area contributed by atoms with E-state index < -0.39 is 0 Å². The van der Waals surface area contributed by atoms with Crippen LogP contribution in [0.1, 0.15) is 25.3 Å². The van der Waals surface area contributed by atoms with Gasteiger partial charge in [0.25, 0.3) is 5.19 Å². The molecule has 1 unspecified atom stereocenters. The number of rotatable bonds is 5. The fourth-order valence-corrected chi connectivity index (χ4v) is 5.83. The van der Waals surface area contributed by atoms with Gasteiger partial charge in [-0.3, -0.25) is 9.69 Å². The minimum Gasteiger partial charge on any atom is -0.464 e. The average molecular weight is 435 g/mol. The molecule has 1 N–H and O–H groups in total. The fourth-order valence-electron chi connectivity index (χ4n) is 5.04. The van der Waals surface area contributed by atoms with Crippen molar-refractivity contribution in [3.05, 3.63) is 48.4 Å². The summed E-state index contributed by atoms with van der Waals surface area (Å²) in [6, 6.07) is 10.7. The molecule has 1 saturated heterocycles. The number of carbonyl (C=O) groups excluding carboxylic acids is 1. The van der Waals surface area contributed by atoms with Gasteiger partial charge in [0.05, 0.1) is 11.0 Å². The first-order valence-corrected chi connectivity index (χ1v) is 11.3. The van der Waals surface area contributed by atoms with E-state index in [2.05, 4.69) is 26.3 Å². The zero-order valence-electron chi connectivity index (χ0n) is 17.1. The Morgan fingerprint density at radius 2 is 2.29 bits per heavy atom. The highest BCUT2D eigenvalue weighted by Crippen LogP contribution is 2.40. The third kappa shape index (κ3) is 3.45. The van der Waals surface area contributed by atoms with Crippen LogP contribution in [0.15, 0.2) is 47.2 Å². The number of hydrogen-bond donors (Lipinski definition) is 1. The van der Waals surface area contributed by atoms with Gasteiger partial charge in [-0.2, -0.15) is 4.98 Å². The number of thiazole rings is 1. The highest BCUT2D eigenvalue weighted by molar-refractivity contribution is 7.20. The largest absolute Gasteiger partial charge is 0.464 e. The Morgan fingerprint density at radius 1 is 1.35 bits per heavy atom. The summed E-state index contributed by atoms with van der Waals surface area (Å²) in [6.07, 6.45) is 5.78. The van der Waals surface area contributed by atoms with Crippen molar-refractivity contribution in [1.29, 1.82) is 0 Å². The Morgan fingerprint density at radius 3 is 3.10 bits per heavy atom. The summed E-state index contributed by atoms with van der Waals surface area (Å²) < 4.78 is 12.8. The van der Waals surface area contributed by atoms with Crippen molar-refractivity contribution in [3.63, 3.8) is 0 Å². The molecule has 1 saturated carbocycles. The predicted molar refractivity (Wildman–Crippen MR) is 118 cm³/mol. The van der Waals surface area contributed by atoms with Crippen LogP contribution in [-0.4, -0.2) is 39.4 Å². The van der Waals surface area contributed by atoms with E-state index in [0.29, 0.717) is 34.6 Å². The molecule has 1 aliphatic carbocycles. The molecular formula is C23H22N4O3S. The minimum absolute atomic E-state index is 0.0741. The third-order valence-electron chi connectivity index (χ3n) is 6.40. The van der Waals surface area contributed by atoms with Crippen LogP contribution < -0.4 is 10.1 Å². The maximum atomic E-state index is 11.4. The monoisotopic (exact) mass is 434 g/mol. The van der Waals surface area contributed by atoms with Gasteiger partial charge in [0.15, 0.2) is 5.65 Å². The zero-order valence-corrected chi connectivity index (χ0v) is 17.9. The molecule has 8 heteroatoms. The first kappa shape index (κ1) is 18.8. The number of pyridine rings is 1. The second-order valence-corrected chi connectivity index (χ2v) is 9.44. The van der Waals surface area contributed by atoms with Crippen molar-refractivity contribution in [3.8, 4) is 10.9 Å². The lowest BCUT2D eigenvalue weighted by atomic mass is 10.0. The number of hydrogen-bond acceptors (Lipinski definition) is 7. The molecule has 2 fully saturated rings. The van der Waals surface area contributed by atoms with Gasteiger partial charge in [0.1, 0.15) is 11.3 Å². The summed E-state index contributed by atoms with van der Waals surface area (Å²) in [4.78, 5) is 22.6. The van der Waals surface area contributed by atoms with Gasteiger partial charge < -0.3 is 14.5 Å². The van der Waals surface area contributed by atoms with Crippen LogP contribution in [0.5, 0.6) is 10.9 Å². The fraction of sp³-hybridized carbons (Fsp3) is 0.348. The van der Waals surface area contributed by atoms with Crippen LogP contribution in [0.25, 0.3) is 21.3 Å². The summed E-state index contributed by atoms with van der Waals surface area (Å²) in [5.74, 6) is 1.33. The summed E-state index contributed by atoms with van der Waals surface area (Å²) >= 11 is 1.48. The molecule has 1 aromatic carbocycles. The molecule has 6 rings (SSSR count). The van der Waals surface area contributed by atoms with E-state index in [1.165, 1.54) is 16.9 Å². The van der Waals surface area contributed by atoms with Crippen LogP contribution in [0.3, 0.4) is 0 Å². The number of piperidine rings is 1. The number of likely N-dealkylation sites (tertiary alicyclic amines) is 1. The number of ether oxygens (including phenoxy) is 1. The number of aromatic nitrogens is 2. The minimum atomic E-state index is 0.0741. The third-order valence-corrected chi connectivity index (χ3v) is 7.28. The Bertz CT molecular complexity index is 1250. The molecule has 1 aliphatic heterocycles. The molecule has 31 heavy (non-hydrogen) atoms. The Labute approximate surface area is 183 Å². The first-order chi connectivity index (χ1) is 15.1. The molecule has 4 heterocycles. The standard InChI is InChI=1S/C23H22N4O3S/c1-13(28)25-19-8-16-7-14(19)10-27(16)11-15-12-29-20-9-17(4-5-18(15)20)30-23-26-22-21(31-23)3-2-6-24-22/h2-6,9,12,14,16,19H,7-8,10-11H2,1H3,(H,25,28)/t14?,16-,19-/m0/s1. The maximum absolute atomic E-state index is 11.4. The predicted octanol–water partition coefficient (Wildman–Crippen LogP) is 4.33. The zero-order chi connectivity index (χ0) is 20.9. The first-order valence-electron chi connectivity index (χ1n) is 10.5. The molecule has 2 aliphatic rings. The molecule has 7 nitrogen and oxygen atoms in total. The van der Waals surface area contributed by atoms with Crippen LogP contribution in [0, 0.1) is 5.92 Å². The van der Waals surface area contributed by atoms with Crippen molar-refractivity contribution in [2.75, 3.05) is 6.54 Å². The van der Waals surface area contributed by atoms with Crippen molar-refractivity contribution < 1.29 is 13.9 Å². The van der Waals surface area contributed by atoms with E-state index in [1.807, 2.05) is 30.5 Å². The molecule has 1 amide bonds. The number of furan rings is 1. The summed E-state index contributed by atoms with van der Waals surface area (Å²) in [5, 5.41) is 4.79. The highest BCUT2D eigenvalue weighted by atomic mass is 32.1. The molecule has 2 bridgehead atoms. The van der Waals surface area contributed by atoms with Gasteiger partial charge >= 0.3 is 0 Å². The number of amides is 1. The van der Waals surface area contributed by atoms with Crippen LogP contribution >= 0.6 is 11.3 Å². The van der Waals surface area contributed by atoms with Gasteiger partial charge in [-0.1, -0.05) is 11.3 Å². The van der Waals surface area contributed by atoms with E-state index >= 15 is 0 Å². The van der Waals surface area contributed by atoms with E-state index in [9.17, 15) is 4.79 Å². The van der Waals surface area contributed by atoms with Crippen molar-refractivity contribution in [1.82, 2.24) is 20.2 Å². The number of nitrogens with zero attached hydrogens (tertiary/aromatic N) is 3. The number of carbonyl (C=O) groups is 1. The average Bonchev–Trinajstić information content (AvgIpc) is 3.50. The molecule has 3 aromatic heterocycles. The lowest BCUT2D eigenvalue weighted by molar-refractivity contribution is -0.120. The van der Waals surface area contributed by atoms with Gasteiger partial charge in [-0.15, -0.1) is 0 Å². The normalized spacial score (nSPS) is 23.1. The topological polar surface area (TPSA) is 80.5 Å². The molecule has 0 spiro atoms. The van der Waals surface area contributed by atoms with Crippen molar-refractivity contribution >= 4 is 38.6 Å². The second kappa shape index (κ2) is 7.32. The SMILES string of the molecule is CC(=O)N[C@H]1C[C@@H]2CC1CN2Cc1coc2cc(Oc3nc4ncccc4s3)ccc12. The molecule has 158 valence electrons. The summed E-state index contributed by atoms with van der Waals surface area (Å²) in [5.41, 5.74) is 2.70. The number of benzene rings is 1. The summed E-state index contributed by atoms with van der Waals surface area (Å²) in [6.45, 7) is 3.49. The lowest BCUT2D eigenvalue weighted by Gasteiger charge is -2.31. The van der Waals surface area contributed by atoms with Gasteiger partial charge in [0, 0.05) is 55.3 Å². The molecule has 4 aromatic rings. The van der Waals surface area contributed by atoms with Crippen LogP contribution in [-0.2, 0) is 11.3 Å². The maximum Gasteiger partial charge on any atom is 0.281 e. The Kier molecular flexibility index (Phi) is 4.43. The van der Waals surface area contributed by atoms with Gasteiger partial charge in [-0.05, 0) is 43.0 Å². The van der Waals surface area contributed by atoms with Crippen LogP contribution in [0.4, 0.5) is 0 Å². The van der Waals surface area contributed by atoms with Crippen molar-refractivity contribution in [2.24, 2.45) is 5.92 Å². The smallest absolute Gasteiger partial charge is 0.281 e. The quantitative estimate of drug-likeness (QED) is 0.504. The van der Waals surface area contributed by atoms with E-state index in [4.69, 9.17) is 9.15 Å². The lowest BCUT2D eigenvalue weighted by Crippen LogP contribution is -2.44. The number of fused-ring (bicyclic) bond motifs is 4. The molecule has 3 atom stereocenters. The van der Waals surface area contributed by atoms with E-state index in [1.54, 1.807) is 13.1 Å².